The van der Waals surface area contributed by atoms with Gasteiger partial charge in [0.2, 0.25) is 5.91 Å². The molecule has 24 heavy (non-hydrogen) atoms. The number of nitrogens with one attached hydrogen (secondary N) is 1. The maximum absolute atomic E-state index is 12.2. The molecule has 0 bridgehead atoms. The fourth-order valence-electron chi connectivity index (χ4n) is 2.85. The van der Waals surface area contributed by atoms with Crippen LogP contribution in [0.2, 0.25) is 0 Å². The Morgan fingerprint density at radius 1 is 1.21 bits per heavy atom. The van der Waals surface area contributed by atoms with Crippen molar-refractivity contribution in [3.8, 4) is 6.07 Å². The fourth-order valence-corrected chi connectivity index (χ4v) is 4.36. The molecule has 1 heterocycles. The third-order valence-electron chi connectivity index (χ3n) is 4.07. The van der Waals surface area contributed by atoms with Crippen molar-refractivity contribution in [1.82, 2.24) is 0 Å². The molecule has 0 saturated heterocycles. The van der Waals surface area contributed by atoms with Gasteiger partial charge < -0.3 is 5.32 Å². The van der Waals surface area contributed by atoms with Crippen LogP contribution >= 0.6 is 27.3 Å². The molecule has 0 atom stereocenters. The number of hydrogen-bond acceptors (Lipinski definition) is 3. The molecule has 0 fully saturated rings. The molecule has 0 spiro atoms. The lowest BCUT2D eigenvalue weighted by Crippen LogP contribution is -2.07. The Morgan fingerprint density at radius 2 is 1.96 bits per heavy atom. The number of hydrogen-bond donors (Lipinski definition) is 1. The third-order valence-corrected chi connectivity index (χ3v) is 5.80. The molecule has 0 saturated carbocycles. The van der Waals surface area contributed by atoms with Crippen LogP contribution in [0.1, 0.15) is 40.8 Å². The summed E-state index contributed by atoms with van der Waals surface area (Å²) in [6, 6.07) is 10.0. The van der Waals surface area contributed by atoms with E-state index >= 15 is 0 Å². The van der Waals surface area contributed by atoms with E-state index in [9.17, 15) is 10.1 Å². The zero-order chi connectivity index (χ0) is 16.9. The fraction of sp³-hybridized carbons (Fsp3) is 0.263. The molecule has 1 N–H and O–H groups in total. The van der Waals surface area contributed by atoms with E-state index in [1.54, 1.807) is 17.4 Å². The van der Waals surface area contributed by atoms with Crippen LogP contribution in [-0.2, 0) is 17.6 Å². The summed E-state index contributed by atoms with van der Waals surface area (Å²) in [5.74, 6) is -0.203. The highest BCUT2D eigenvalue weighted by molar-refractivity contribution is 9.10. The van der Waals surface area contributed by atoms with Crippen LogP contribution in [0.25, 0.3) is 6.08 Å². The SMILES string of the molecule is N#Cc1c(NC(=O)/C=C/c2ccc(Br)cc2)sc2c1CCCCC2. The Kier molecular flexibility index (Phi) is 5.49. The van der Waals surface area contributed by atoms with Gasteiger partial charge in [-0.15, -0.1) is 11.3 Å². The van der Waals surface area contributed by atoms with E-state index in [1.807, 2.05) is 24.3 Å². The molecule has 2 aromatic rings. The van der Waals surface area contributed by atoms with E-state index in [0.29, 0.717) is 10.6 Å². The zero-order valence-electron chi connectivity index (χ0n) is 13.1. The van der Waals surface area contributed by atoms with Gasteiger partial charge in [0.25, 0.3) is 0 Å². The number of halogens is 1. The molecule has 0 unspecified atom stereocenters. The molecule has 122 valence electrons. The first-order valence-corrected chi connectivity index (χ1v) is 9.57. The number of nitrogens with zero attached hydrogens (tertiary/aromatic N) is 1. The van der Waals surface area contributed by atoms with Crippen LogP contribution in [-0.4, -0.2) is 5.91 Å². The van der Waals surface area contributed by atoms with Crippen molar-refractivity contribution in [2.24, 2.45) is 0 Å². The number of fused-ring (bicyclic) bond motifs is 1. The summed E-state index contributed by atoms with van der Waals surface area (Å²) < 4.78 is 1.00. The molecule has 3 rings (SSSR count). The number of benzene rings is 1. The van der Waals surface area contributed by atoms with Crippen LogP contribution in [0.5, 0.6) is 0 Å². The molecule has 0 aliphatic heterocycles. The quantitative estimate of drug-likeness (QED) is 0.560. The molecule has 3 nitrogen and oxygen atoms in total. The first kappa shape index (κ1) is 16.9. The summed E-state index contributed by atoms with van der Waals surface area (Å²) in [6.07, 6.45) is 8.73. The number of amides is 1. The minimum absolute atomic E-state index is 0.203. The van der Waals surface area contributed by atoms with Gasteiger partial charge >= 0.3 is 0 Å². The van der Waals surface area contributed by atoms with Crippen molar-refractivity contribution in [3.05, 3.63) is 56.4 Å². The van der Waals surface area contributed by atoms with Crippen molar-refractivity contribution >= 4 is 44.3 Å². The standard InChI is InChI=1S/C19H17BrN2OS/c20-14-9-6-13(7-10-14)8-11-18(23)22-19-16(12-21)15-4-2-1-3-5-17(15)24-19/h6-11H,1-5H2,(H,22,23)/b11-8+. The molecular weight excluding hydrogens is 384 g/mol. The predicted octanol–water partition coefficient (Wildman–Crippen LogP) is 5.30. The normalized spacial score (nSPS) is 14.0. The smallest absolute Gasteiger partial charge is 0.249 e. The Labute approximate surface area is 154 Å². The van der Waals surface area contributed by atoms with Crippen LogP contribution in [0.3, 0.4) is 0 Å². The molecule has 1 aliphatic rings. The largest absolute Gasteiger partial charge is 0.313 e. The Bertz CT molecular complexity index is 815. The average molecular weight is 401 g/mol. The van der Waals surface area contributed by atoms with Crippen LogP contribution in [0, 0.1) is 11.3 Å². The zero-order valence-corrected chi connectivity index (χ0v) is 15.5. The van der Waals surface area contributed by atoms with Crippen molar-refractivity contribution in [3.63, 3.8) is 0 Å². The van der Waals surface area contributed by atoms with E-state index < -0.39 is 0 Å². The first-order chi connectivity index (χ1) is 11.7. The van der Waals surface area contributed by atoms with Gasteiger partial charge in [-0.3, -0.25) is 4.79 Å². The molecule has 1 aromatic heterocycles. The van der Waals surface area contributed by atoms with Crippen LogP contribution < -0.4 is 5.32 Å². The lowest BCUT2D eigenvalue weighted by molar-refractivity contribution is -0.111. The summed E-state index contributed by atoms with van der Waals surface area (Å²) in [4.78, 5) is 13.5. The highest BCUT2D eigenvalue weighted by Crippen LogP contribution is 2.36. The number of anilines is 1. The molecule has 1 aromatic carbocycles. The first-order valence-electron chi connectivity index (χ1n) is 7.96. The third kappa shape index (κ3) is 3.95. The number of nitriles is 1. The summed E-state index contributed by atoms with van der Waals surface area (Å²) in [5.41, 5.74) is 2.75. The number of carbonyl (C=O) groups is 1. The summed E-state index contributed by atoms with van der Waals surface area (Å²) in [6.45, 7) is 0. The molecule has 5 heteroatoms. The Balaban J connectivity index is 1.75. The van der Waals surface area contributed by atoms with Gasteiger partial charge in [0.05, 0.1) is 5.56 Å². The monoisotopic (exact) mass is 400 g/mol. The van der Waals surface area contributed by atoms with Gasteiger partial charge in [-0.2, -0.15) is 5.26 Å². The van der Waals surface area contributed by atoms with Crippen LogP contribution in [0.4, 0.5) is 5.00 Å². The number of aryl methyl sites for hydroxylation is 1. The maximum Gasteiger partial charge on any atom is 0.249 e. The van der Waals surface area contributed by atoms with Gasteiger partial charge in [0, 0.05) is 15.4 Å². The Morgan fingerprint density at radius 3 is 2.71 bits per heavy atom. The van der Waals surface area contributed by atoms with Gasteiger partial charge in [0.15, 0.2) is 0 Å². The van der Waals surface area contributed by atoms with Gasteiger partial charge in [0.1, 0.15) is 11.1 Å². The lowest BCUT2D eigenvalue weighted by Gasteiger charge is -2.01. The van der Waals surface area contributed by atoms with E-state index in [2.05, 4.69) is 27.3 Å². The van der Waals surface area contributed by atoms with E-state index in [0.717, 1.165) is 41.3 Å². The summed E-state index contributed by atoms with van der Waals surface area (Å²) in [7, 11) is 0. The topological polar surface area (TPSA) is 52.9 Å². The van der Waals surface area contributed by atoms with Crippen molar-refractivity contribution in [2.45, 2.75) is 32.1 Å². The second kappa shape index (κ2) is 7.78. The Hall–Kier alpha value is -1.90. The minimum atomic E-state index is -0.203. The second-order valence-corrected chi connectivity index (χ2v) is 7.78. The molecule has 1 aliphatic carbocycles. The van der Waals surface area contributed by atoms with Crippen molar-refractivity contribution in [2.75, 3.05) is 5.32 Å². The predicted molar refractivity (Wildman–Crippen MR) is 102 cm³/mol. The summed E-state index contributed by atoms with van der Waals surface area (Å²) >= 11 is 4.94. The van der Waals surface area contributed by atoms with Crippen LogP contribution in [0.15, 0.2) is 34.8 Å². The van der Waals surface area contributed by atoms with E-state index in [1.165, 1.54) is 17.4 Å². The second-order valence-electron chi connectivity index (χ2n) is 5.75. The minimum Gasteiger partial charge on any atom is -0.313 e. The average Bonchev–Trinajstić information content (AvgIpc) is 2.74. The molecule has 0 radical (unpaired) electrons. The van der Waals surface area contributed by atoms with E-state index in [-0.39, 0.29) is 5.91 Å². The highest BCUT2D eigenvalue weighted by Gasteiger charge is 2.20. The highest BCUT2D eigenvalue weighted by atomic mass is 79.9. The molecular formula is C19H17BrN2OS. The van der Waals surface area contributed by atoms with E-state index in [4.69, 9.17) is 0 Å². The molecule has 1 amide bonds. The number of rotatable bonds is 3. The van der Waals surface area contributed by atoms with Crippen molar-refractivity contribution < 1.29 is 4.79 Å². The summed E-state index contributed by atoms with van der Waals surface area (Å²) in [5, 5.41) is 13.1. The van der Waals surface area contributed by atoms with Gasteiger partial charge in [-0.25, -0.2) is 0 Å². The number of thiophene rings is 1. The van der Waals surface area contributed by atoms with Crippen molar-refractivity contribution in [1.29, 1.82) is 5.26 Å². The number of carbonyl (C=O) groups excluding carboxylic acids is 1. The lowest BCUT2D eigenvalue weighted by atomic mass is 10.1. The maximum atomic E-state index is 12.2. The van der Waals surface area contributed by atoms with Gasteiger partial charge in [-0.05, 0) is 55.0 Å². The van der Waals surface area contributed by atoms with Gasteiger partial charge in [-0.1, -0.05) is 34.5 Å².